The summed E-state index contributed by atoms with van der Waals surface area (Å²) in [7, 11) is 0. The Hall–Kier alpha value is -2.47. The normalized spacial score (nSPS) is 19.6. The second-order valence-corrected chi connectivity index (χ2v) is 9.03. The number of rotatable bonds is 10. The maximum Gasteiger partial charge on any atom is 0.167 e. The second-order valence-electron chi connectivity index (χ2n) is 9.03. The van der Waals surface area contributed by atoms with E-state index in [1.54, 1.807) is 12.3 Å². The number of hydrogen-bond acceptors (Lipinski definition) is 5. The molecule has 2 aromatic rings. The highest BCUT2D eigenvalue weighted by molar-refractivity contribution is 5.85. The minimum Gasteiger partial charge on any atom is -0.489 e. The molecule has 1 aromatic heterocycles. The van der Waals surface area contributed by atoms with Crippen LogP contribution >= 0.6 is 0 Å². The molecule has 1 unspecified atom stereocenters. The zero-order chi connectivity index (χ0) is 22.5. The first-order chi connectivity index (χ1) is 15.5. The number of aryl methyl sites for hydroxylation is 1. The first-order valence-electron chi connectivity index (χ1n) is 11.8. The number of nitrogens with zero attached hydrogens (tertiary/aromatic N) is 2. The van der Waals surface area contributed by atoms with Gasteiger partial charge in [0, 0.05) is 37.4 Å². The molecule has 0 bridgehead atoms. The van der Waals surface area contributed by atoms with E-state index >= 15 is 0 Å². The van der Waals surface area contributed by atoms with Crippen LogP contribution in [0, 0.1) is 11.7 Å². The summed E-state index contributed by atoms with van der Waals surface area (Å²) >= 11 is 0. The number of aromatic nitrogens is 1. The number of Topliss-reactive ketones (excluding diaryl/α,β-unsaturated/α-hetero) is 1. The molecule has 0 radical (unpaired) electrons. The number of ketones is 1. The summed E-state index contributed by atoms with van der Waals surface area (Å²) in [6.45, 7) is 6.87. The molecule has 2 saturated heterocycles. The quantitative estimate of drug-likeness (QED) is 0.524. The third kappa shape index (κ3) is 5.29. The van der Waals surface area contributed by atoms with Crippen molar-refractivity contribution in [2.24, 2.45) is 5.92 Å². The van der Waals surface area contributed by atoms with Gasteiger partial charge in [0.05, 0.1) is 31.1 Å². The van der Waals surface area contributed by atoms with E-state index in [1.807, 2.05) is 31.2 Å². The van der Waals surface area contributed by atoms with Crippen molar-refractivity contribution in [3.05, 3.63) is 53.6 Å². The minimum absolute atomic E-state index is 0.00480. The van der Waals surface area contributed by atoms with Crippen LogP contribution in [0.2, 0.25) is 0 Å². The molecule has 2 fully saturated rings. The maximum absolute atomic E-state index is 14.9. The number of ether oxygens (including phenoxy) is 2. The first kappa shape index (κ1) is 22.7. The summed E-state index contributed by atoms with van der Waals surface area (Å²) < 4.78 is 26.2. The van der Waals surface area contributed by atoms with E-state index in [4.69, 9.17) is 9.47 Å². The average molecular weight is 441 g/mol. The summed E-state index contributed by atoms with van der Waals surface area (Å²) in [4.78, 5) is 18.7. The molecule has 4 rings (SSSR count). The van der Waals surface area contributed by atoms with Gasteiger partial charge in [0.15, 0.2) is 5.82 Å². The zero-order valence-corrected chi connectivity index (χ0v) is 19.1. The highest BCUT2D eigenvalue weighted by Gasteiger charge is 2.28. The minimum atomic E-state index is -0.196. The summed E-state index contributed by atoms with van der Waals surface area (Å²) in [5, 5.41) is 0. The molecular formula is C26H33FN2O3. The van der Waals surface area contributed by atoms with Gasteiger partial charge >= 0.3 is 0 Å². The van der Waals surface area contributed by atoms with Gasteiger partial charge in [-0.3, -0.25) is 9.78 Å². The van der Waals surface area contributed by atoms with Crippen molar-refractivity contribution in [2.45, 2.75) is 58.0 Å². The van der Waals surface area contributed by atoms with Crippen LogP contribution in [0.3, 0.4) is 0 Å². The number of carbonyl (C=O) groups excluding carboxylic acids is 1. The molecule has 32 heavy (non-hydrogen) atoms. The molecule has 3 heterocycles. The Kier molecular flexibility index (Phi) is 7.40. The molecule has 2 atom stereocenters. The summed E-state index contributed by atoms with van der Waals surface area (Å²) in [6.07, 6.45) is 5.77. The molecule has 0 saturated carbocycles. The van der Waals surface area contributed by atoms with E-state index in [0.29, 0.717) is 49.9 Å². The molecule has 0 spiro atoms. The van der Waals surface area contributed by atoms with Gasteiger partial charge in [-0.25, -0.2) is 4.39 Å². The van der Waals surface area contributed by atoms with Gasteiger partial charge in [-0.1, -0.05) is 32.4 Å². The van der Waals surface area contributed by atoms with E-state index in [2.05, 4.69) is 16.8 Å². The van der Waals surface area contributed by atoms with Gasteiger partial charge < -0.3 is 14.4 Å². The van der Waals surface area contributed by atoms with Crippen LogP contribution in [-0.2, 0) is 16.0 Å². The molecule has 0 aliphatic carbocycles. The molecule has 2 aliphatic rings. The Balaban J connectivity index is 1.32. The average Bonchev–Trinajstić information content (AvgIpc) is 3.23. The Morgan fingerprint density at radius 2 is 2.06 bits per heavy atom. The van der Waals surface area contributed by atoms with Crippen molar-refractivity contribution in [1.29, 1.82) is 0 Å². The van der Waals surface area contributed by atoms with Crippen molar-refractivity contribution in [3.63, 3.8) is 0 Å². The standard InChI is InChI=1S/C26H33FN2O3/c1-3-4-5-23-26(27)24(10-12-28-23)29-13-11-22(15-29)32-21-8-6-20(7-9-21)18(2)25(30)14-19-16-31-17-19/h6-10,12,18-19,22H,3-5,11,13-17H2,1-2H3/t18?,22-/m1/s1. The summed E-state index contributed by atoms with van der Waals surface area (Å²) in [6, 6.07) is 9.58. The number of pyridine rings is 1. The number of hydrogen-bond donors (Lipinski definition) is 0. The fourth-order valence-electron chi connectivity index (χ4n) is 4.36. The molecule has 0 amide bonds. The van der Waals surface area contributed by atoms with Crippen molar-refractivity contribution in [2.75, 3.05) is 31.2 Å². The van der Waals surface area contributed by atoms with Crippen LogP contribution in [0.1, 0.15) is 56.7 Å². The van der Waals surface area contributed by atoms with Gasteiger partial charge in [-0.05, 0) is 36.6 Å². The van der Waals surface area contributed by atoms with Gasteiger partial charge in [-0.15, -0.1) is 0 Å². The van der Waals surface area contributed by atoms with E-state index in [0.717, 1.165) is 37.1 Å². The van der Waals surface area contributed by atoms with Crippen LogP contribution in [0.15, 0.2) is 36.5 Å². The number of carbonyl (C=O) groups is 1. The van der Waals surface area contributed by atoms with Crippen LogP contribution in [-0.4, -0.2) is 43.2 Å². The highest BCUT2D eigenvalue weighted by Crippen LogP contribution is 2.29. The lowest BCUT2D eigenvalue weighted by atomic mass is 9.90. The first-order valence-corrected chi connectivity index (χ1v) is 11.8. The number of anilines is 1. The molecule has 6 heteroatoms. The lowest BCUT2D eigenvalue weighted by molar-refractivity contribution is -0.125. The molecule has 2 aliphatic heterocycles. The van der Waals surface area contributed by atoms with E-state index < -0.39 is 0 Å². The maximum atomic E-state index is 14.9. The van der Waals surface area contributed by atoms with Gasteiger partial charge in [0.2, 0.25) is 0 Å². The number of unbranched alkanes of at least 4 members (excludes halogenated alkanes) is 1. The molecule has 172 valence electrons. The summed E-state index contributed by atoms with van der Waals surface area (Å²) in [5.41, 5.74) is 2.18. The van der Waals surface area contributed by atoms with Gasteiger partial charge in [-0.2, -0.15) is 0 Å². The number of benzene rings is 1. The van der Waals surface area contributed by atoms with Crippen LogP contribution in [0.5, 0.6) is 5.75 Å². The zero-order valence-electron chi connectivity index (χ0n) is 19.1. The lowest BCUT2D eigenvalue weighted by Gasteiger charge is -2.26. The fraction of sp³-hybridized carbons (Fsp3) is 0.538. The molecule has 1 aromatic carbocycles. The van der Waals surface area contributed by atoms with E-state index in [1.165, 1.54) is 0 Å². The van der Waals surface area contributed by atoms with E-state index in [-0.39, 0.29) is 23.6 Å². The summed E-state index contributed by atoms with van der Waals surface area (Å²) in [5.74, 6) is 1.11. The third-order valence-electron chi connectivity index (χ3n) is 6.56. The fourth-order valence-corrected chi connectivity index (χ4v) is 4.36. The third-order valence-corrected chi connectivity index (χ3v) is 6.56. The Labute approximate surface area is 189 Å². The van der Waals surface area contributed by atoms with Gasteiger partial charge in [0.25, 0.3) is 0 Å². The van der Waals surface area contributed by atoms with Crippen molar-refractivity contribution >= 4 is 11.5 Å². The van der Waals surface area contributed by atoms with Crippen molar-refractivity contribution < 1.29 is 18.7 Å². The van der Waals surface area contributed by atoms with Crippen molar-refractivity contribution in [1.82, 2.24) is 4.98 Å². The van der Waals surface area contributed by atoms with Gasteiger partial charge in [0.1, 0.15) is 17.6 Å². The van der Waals surface area contributed by atoms with Crippen LogP contribution in [0.25, 0.3) is 0 Å². The van der Waals surface area contributed by atoms with Crippen LogP contribution in [0.4, 0.5) is 10.1 Å². The van der Waals surface area contributed by atoms with E-state index in [9.17, 15) is 9.18 Å². The Bertz CT molecular complexity index is 914. The Morgan fingerprint density at radius 3 is 2.75 bits per heavy atom. The topological polar surface area (TPSA) is 51.7 Å². The molecule has 0 N–H and O–H groups in total. The Morgan fingerprint density at radius 1 is 1.28 bits per heavy atom. The predicted molar refractivity (Wildman–Crippen MR) is 123 cm³/mol. The second kappa shape index (κ2) is 10.4. The smallest absolute Gasteiger partial charge is 0.167 e. The molecular weight excluding hydrogens is 407 g/mol. The van der Waals surface area contributed by atoms with Crippen molar-refractivity contribution in [3.8, 4) is 5.75 Å². The highest BCUT2D eigenvalue weighted by atomic mass is 19.1. The van der Waals surface area contributed by atoms with Crippen LogP contribution < -0.4 is 9.64 Å². The largest absolute Gasteiger partial charge is 0.489 e. The molecule has 5 nitrogen and oxygen atoms in total. The SMILES string of the molecule is CCCCc1nccc(N2CC[C@@H](Oc3ccc(C(C)C(=O)CC4COC4)cc3)C2)c1F. The number of halogens is 1. The monoisotopic (exact) mass is 440 g/mol. The lowest BCUT2D eigenvalue weighted by Crippen LogP contribution is -2.30. The predicted octanol–water partition coefficient (Wildman–Crippen LogP) is 4.93.